The van der Waals surface area contributed by atoms with Gasteiger partial charge in [-0.3, -0.25) is 9.36 Å². The molecule has 2 aromatic carbocycles. The van der Waals surface area contributed by atoms with Gasteiger partial charge in [-0.2, -0.15) is 4.98 Å². The van der Waals surface area contributed by atoms with Crippen molar-refractivity contribution in [2.24, 2.45) is 0 Å². The number of anilines is 1. The Kier molecular flexibility index (Phi) is 9.83. The van der Waals surface area contributed by atoms with Crippen LogP contribution in [-0.2, 0) is 23.3 Å². The lowest BCUT2D eigenvalue weighted by atomic mass is 10.0. The molecule has 234 valence electrons. The van der Waals surface area contributed by atoms with E-state index in [0.717, 1.165) is 24.9 Å². The highest BCUT2D eigenvalue weighted by Gasteiger charge is 2.53. The van der Waals surface area contributed by atoms with E-state index < -0.39 is 32.7 Å². The molecule has 1 amide bonds. The van der Waals surface area contributed by atoms with Crippen LogP contribution in [0.25, 0.3) is 0 Å². The minimum Gasteiger partial charge on any atom is -0.382 e. The predicted octanol–water partition coefficient (Wildman–Crippen LogP) is 4.99. The SMILES string of the molecule is CC[C@H]1O[C@@H](n2cc(C)c(NC(=O)c3ccccc3)nc2=O)C(OCCOC)[C@H]1OP1O[C@H](c2ccccc2)[C@@H]2CCCN21. The molecule has 0 spiro atoms. The van der Waals surface area contributed by atoms with E-state index in [1.165, 1.54) is 4.57 Å². The molecule has 2 unspecified atom stereocenters. The molecule has 3 saturated heterocycles. The molecule has 3 aliphatic heterocycles. The van der Waals surface area contributed by atoms with E-state index in [1.807, 2.05) is 31.2 Å². The number of carbonyl (C=O) groups excluding carboxylic acids is 1. The first kappa shape index (κ1) is 31.0. The highest BCUT2D eigenvalue weighted by molar-refractivity contribution is 7.45. The van der Waals surface area contributed by atoms with Gasteiger partial charge in [0.15, 0.2) is 6.23 Å². The van der Waals surface area contributed by atoms with Crippen LogP contribution >= 0.6 is 8.53 Å². The largest absolute Gasteiger partial charge is 0.382 e. The number of hydrogen-bond acceptors (Lipinski definition) is 9. The van der Waals surface area contributed by atoms with Gasteiger partial charge in [-0.05, 0) is 43.9 Å². The Morgan fingerprint density at radius 1 is 1.09 bits per heavy atom. The monoisotopic (exact) mass is 622 g/mol. The third-order valence-electron chi connectivity index (χ3n) is 8.34. The number of fused-ring (bicyclic) bond motifs is 1. The van der Waals surface area contributed by atoms with Gasteiger partial charge in [0.25, 0.3) is 14.4 Å². The zero-order chi connectivity index (χ0) is 30.6. The summed E-state index contributed by atoms with van der Waals surface area (Å²) in [6.45, 7) is 5.39. The summed E-state index contributed by atoms with van der Waals surface area (Å²) in [7, 11) is 0.228. The van der Waals surface area contributed by atoms with Crippen LogP contribution in [0.5, 0.6) is 0 Å². The molecule has 3 aromatic rings. The van der Waals surface area contributed by atoms with E-state index in [0.29, 0.717) is 30.8 Å². The summed E-state index contributed by atoms with van der Waals surface area (Å²) in [6, 6.07) is 19.3. The lowest BCUT2D eigenvalue weighted by Crippen LogP contribution is -2.40. The molecule has 44 heavy (non-hydrogen) atoms. The van der Waals surface area contributed by atoms with Crippen molar-refractivity contribution in [1.29, 1.82) is 0 Å². The number of nitrogens with zero attached hydrogens (tertiary/aromatic N) is 3. The van der Waals surface area contributed by atoms with Crippen molar-refractivity contribution in [1.82, 2.24) is 14.2 Å². The second-order valence-corrected chi connectivity index (χ2v) is 12.6. The summed E-state index contributed by atoms with van der Waals surface area (Å²) in [6.07, 6.45) is 2.11. The fourth-order valence-corrected chi connectivity index (χ4v) is 8.10. The molecule has 1 N–H and O–H groups in total. The normalized spacial score (nSPS) is 28.3. The molecule has 1 aromatic heterocycles. The molecule has 3 aliphatic rings. The van der Waals surface area contributed by atoms with Crippen molar-refractivity contribution in [3.63, 3.8) is 0 Å². The lowest BCUT2D eigenvalue weighted by Gasteiger charge is -2.29. The number of carbonyl (C=O) groups is 1. The number of hydrogen-bond donors (Lipinski definition) is 1. The number of ether oxygens (including phenoxy) is 3. The molecule has 3 fully saturated rings. The Balaban J connectivity index is 1.25. The van der Waals surface area contributed by atoms with Gasteiger partial charge < -0.3 is 28.6 Å². The maximum Gasteiger partial charge on any atom is 0.351 e. The number of aromatic nitrogens is 2. The van der Waals surface area contributed by atoms with Crippen LogP contribution in [0.1, 0.15) is 60.0 Å². The maximum atomic E-state index is 13.4. The summed E-state index contributed by atoms with van der Waals surface area (Å²) < 4.78 is 35.3. The highest BCUT2D eigenvalue weighted by atomic mass is 31.2. The first-order valence-corrected chi connectivity index (χ1v) is 16.3. The number of benzene rings is 2. The van der Waals surface area contributed by atoms with Crippen molar-refractivity contribution in [3.8, 4) is 0 Å². The minimum atomic E-state index is -1.38. The number of aryl methyl sites for hydroxylation is 1. The van der Waals surface area contributed by atoms with Gasteiger partial charge in [-0.25, -0.2) is 9.46 Å². The second kappa shape index (κ2) is 14.0. The van der Waals surface area contributed by atoms with Crippen molar-refractivity contribution >= 4 is 20.3 Å². The summed E-state index contributed by atoms with van der Waals surface area (Å²) >= 11 is 0. The summed E-state index contributed by atoms with van der Waals surface area (Å²) in [5.74, 6) is -0.145. The molecule has 7 atom stereocenters. The van der Waals surface area contributed by atoms with Gasteiger partial charge in [0, 0.05) is 37.0 Å². The lowest BCUT2D eigenvalue weighted by molar-refractivity contribution is -0.0782. The van der Waals surface area contributed by atoms with E-state index in [2.05, 4.69) is 27.1 Å². The van der Waals surface area contributed by atoms with Crippen LogP contribution in [0.15, 0.2) is 71.7 Å². The molecule has 0 aliphatic carbocycles. The topological polar surface area (TPSA) is 113 Å². The van der Waals surface area contributed by atoms with Crippen molar-refractivity contribution in [3.05, 3.63) is 94.0 Å². The summed E-state index contributed by atoms with van der Waals surface area (Å²) in [5, 5.41) is 2.76. The van der Waals surface area contributed by atoms with Crippen molar-refractivity contribution < 1.29 is 28.1 Å². The molecule has 12 heteroatoms. The second-order valence-electron chi connectivity index (χ2n) is 11.2. The fraction of sp³-hybridized carbons (Fsp3) is 0.469. The Bertz CT molecular complexity index is 1480. The van der Waals surface area contributed by atoms with E-state index in [-0.39, 0.29) is 30.0 Å². The Hall–Kier alpha value is -3.02. The van der Waals surface area contributed by atoms with Gasteiger partial charge in [0.05, 0.1) is 19.3 Å². The van der Waals surface area contributed by atoms with E-state index >= 15 is 0 Å². The quantitative estimate of drug-likeness (QED) is 0.233. The maximum absolute atomic E-state index is 13.4. The highest BCUT2D eigenvalue weighted by Crippen LogP contribution is 2.61. The predicted molar refractivity (Wildman–Crippen MR) is 165 cm³/mol. The zero-order valence-electron chi connectivity index (χ0n) is 25.2. The molecular weight excluding hydrogens is 583 g/mol. The molecule has 11 nitrogen and oxygen atoms in total. The molecular formula is C32H39N4O7P. The fourth-order valence-electron chi connectivity index (χ4n) is 6.11. The average Bonchev–Trinajstić information content (AvgIpc) is 3.75. The third kappa shape index (κ3) is 6.37. The molecule has 6 rings (SSSR count). The third-order valence-corrected chi connectivity index (χ3v) is 10.1. The van der Waals surface area contributed by atoms with Crippen molar-refractivity contribution in [2.45, 2.75) is 69.8 Å². The Labute approximate surface area is 258 Å². The Morgan fingerprint density at radius 2 is 1.84 bits per heavy atom. The summed E-state index contributed by atoms with van der Waals surface area (Å²) in [4.78, 5) is 30.4. The van der Waals surface area contributed by atoms with E-state index in [1.54, 1.807) is 44.5 Å². The van der Waals surface area contributed by atoms with Crippen LogP contribution in [0.3, 0.4) is 0 Å². The number of amides is 1. The standard InChI is InChI=1S/C32H39N4O7P/c1-4-25-27(43-44-36-17-11-16-24(36)26(42-44)22-12-7-5-8-13-22)28(40-19-18-39-3)31(41-25)35-20-21(2)29(34-32(35)38)33-30(37)23-14-9-6-10-15-23/h5-10,12-15,20,24-28,31H,4,11,16-19H2,1-3H3,(H,33,34,37,38)/t24-,25+,26+,27-,28?,31+,44?/m0/s1. The van der Waals surface area contributed by atoms with Crippen LogP contribution in [0.4, 0.5) is 5.82 Å². The van der Waals surface area contributed by atoms with Gasteiger partial charge in [0.1, 0.15) is 24.1 Å². The van der Waals surface area contributed by atoms with E-state index in [9.17, 15) is 9.59 Å². The first-order chi connectivity index (χ1) is 21.5. The van der Waals surface area contributed by atoms with Crippen LogP contribution in [0, 0.1) is 6.92 Å². The number of rotatable bonds is 11. The van der Waals surface area contributed by atoms with Gasteiger partial charge in [-0.1, -0.05) is 55.5 Å². The zero-order valence-corrected chi connectivity index (χ0v) is 26.1. The van der Waals surface area contributed by atoms with Crippen LogP contribution < -0.4 is 11.0 Å². The van der Waals surface area contributed by atoms with Gasteiger partial charge in [0.2, 0.25) is 0 Å². The molecule has 0 bridgehead atoms. The summed E-state index contributed by atoms with van der Waals surface area (Å²) in [5.41, 5.74) is 1.66. The molecule has 0 radical (unpaired) electrons. The Morgan fingerprint density at radius 3 is 2.57 bits per heavy atom. The number of methoxy groups -OCH3 is 1. The first-order valence-electron chi connectivity index (χ1n) is 15.2. The average molecular weight is 623 g/mol. The number of nitrogens with one attached hydrogen (secondary N) is 1. The van der Waals surface area contributed by atoms with Crippen LogP contribution in [0.2, 0.25) is 0 Å². The molecule has 4 heterocycles. The minimum absolute atomic E-state index is 0.0658. The smallest absolute Gasteiger partial charge is 0.351 e. The molecule has 0 saturated carbocycles. The van der Waals surface area contributed by atoms with Crippen LogP contribution in [-0.4, -0.2) is 71.4 Å². The van der Waals surface area contributed by atoms with E-state index in [4.69, 9.17) is 23.3 Å². The van der Waals surface area contributed by atoms with Gasteiger partial charge in [-0.15, -0.1) is 0 Å². The van der Waals surface area contributed by atoms with Crippen molar-refractivity contribution in [2.75, 3.05) is 32.2 Å². The van der Waals surface area contributed by atoms with Gasteiger partial charge >= 0.3 is 5.69 Å².